The average molecular weight is 460 g/mol. The van der Waals surface area contributed by atoms with Gasteiger partial charge in [-0.1, -0.05) is 66.7 Å². The molecule has 0 saturated heterocycles. The van der Waals surface area contributed by atoms with E-state index in [1.54, 1.807) is 0 Å². The van der Waals surface area contributed by atoms with Crippen molar-refractivity contribution in [3.05, 3.63) is 94.4 Å². The number of carbonyl (C=O) groups excluding carboxylic acids is 1. The Labute approximate surface area is 196 Å². The molecule has 1 amide bonds. The lowest BCUT2D eigenvalue weighted by molar-refractivity contribution is 0.0204. The average Bonchev–Trinajstić information content (AvgIpc) is 3.36. The van der Waals surface area contributed by atoms with Gasteiger partial charge in [-0.2, -0.15) is 0 Å². The van der Waals surface area contributed by atoms with Gasteiger partial charge in [0.2, 0.25) is 0 Å². The van der Waals surface area contributed by atoms with Crippen molar-refractivity contribution in [2.75, 3.05) is 13.2 Å². The van der Waals surface area contributed by atoms with E-state index >= 15 is 0 Å². The summed E-state index contributed by atoms with van der Waals surface area (Å²) in [6.45, 7) is 2.03. The number of carbonyl (C=O) groups is 1. The van der Waals surface area contributed by atoms with Crippen LogP contribution in [0.1, 0.15) is 33.6 Å². The highest BCUT2D eigenvalue weighted by Gasteiger charge is 2.29. The minimum absolute atomic E-state index is 0.0279. The van der Waals surface area contributed by atoms with Gasteiger partial charge in [0, 0.05) is 22.0 Å². The molecule has 0 spiro atoms. The Hall–Kier alpha value is -3.19. The number of benzene rings is 3. The first-order valence-electron chi connectivity index (χ1n) is 11.0. The van der Waals surface area contributed by atoms with Crippen molar-refractivity contribution < 1.29 is 19.7 Å². The third kappa shape index (κ3) is 4.02. The molecule has 0 saturated carbocycles. The number of amides is 1. The largest absolute Gasteiger partial charge is 0.449 e. The van der Waals surface area contributed by atoms with Gasteiger partial charge < -0.3 is 20.3 Å². The molecule has 4 aromatic rings. The molecule has 3 aromatic carbocycles. The number of alkyl carbamates (subject to hydrolysis) is 1. The number of nitrogens with one attached hydrogen (secondary N) is 1. The normalized spacial score (nSPS) is 14.5. The van der Waals surface area contributed by atoms with Crippen LogP contribution in [0.5, 0.6) is 0 Å². The molecule has 0 bridgehead atoms. The highest BCUT2D eigenvalue weighted by molar-refractivity contribution is 7.19. The lowest BCUT2D eigenvalue weighted by atomic mass is 9.98. The lowest BCUT2D eigenvalue weighted by Gasteiger charge is -2.19. The van der Waals surface area contributed by atoms with Gasteiger partial charge in [-0.3, -0.25) is 0 Å². The predicted molar refractivity (Wildman–Crippen MR) is 131 cm³/mol. The molecule has 2 atom stereocenters. The van der Waals surface area contributed by atoms with Gasteiger partial charge in [-0.15, -0.1) is 11.3 Å². The molecule has 1 aliphatic carbocycles. The fourth-order valence-corrected chi connectivity index (χ4v) is 5.85. The highest BCUT2D eigenvalue weighted by atomic mass is 32.1. The maximum atomic E-state index is 12.4. The van der Waals surface area contributed by atoms with E-state index in [-0.39, 0.29) is 19.1 Å². The lowest BCUT2D eigenvalue weighted by Crippen LogP contribution is -2.36. The Bertz CT molecular complexity index is 1270. The molecule has 0 radical (unpaired) electrons. The summed E-state index contributed by atoms with van der Waals surface area (Å²) in [6.07, 6.45) is -2.84. The minimum Gasteiger partial charge on any atom is -0.449 e. The molecule has 1 heterocycles. The molecule has 0 aliphatic heterocycles. The molecule has 6 heteroatoms. The number of fused-ring (bicyclic) bond motifs is 4. The third-order valence-electron chi connectivity index (χ3n) is 6.31. The van der Waals surface area contributed by atoms with Crippen LogP contribution in [0.3, 0.4) is 0 Å². The molecule has 3 N–H and O–H groups in total. The first-order chi connectivity index (χ1) is 16.0. The predicted octanol–water partition coefficient (Wildman–Crippen LogP) is 5.14. The monoisotopic (exact) mass is 459 g/mol. The quantitative estimate of drug-likeness (QED) is 0.373. The summed E-state index contributed by atoms with van der Waals surface area (Å²) in [5.74, 6) is -0.0279. The van der Waals surface area contributed by atoms with Gasteiger partial charge in [0.15, 0.2) is 0 Å². The maximum absolute atomic E-state index is 12.4. The van der Waals surface area contributed by atoms with E-state index in [9.17, 15) is 15.0 Å². The SMILES string of the molecule is Cc1c(C(O)C(O)CNC(=O)OCC2c3ccccc3-c3ccccc32)sc2ccccc12. The van der Waals surface area contributed by atoms with Crippen LogP contribution in [0.25, 0.3) is 21.2 Å². The molecule has 0 fully saturated rings. The summed E-state index contributed by atoms with van der Waals surface area (Å²) in [7, 11) is 0. The van der Waals surface area contributed by atoms with E-state index in [2.05, 4.69) is 29.6 Å². The van der Waals surface area contributed by atoms with Gasteiger partial charge >= 0.3 is 6.09 Å². The van der Waals surface area contributed by atoms with Crippen LogP contribution >= 0.6 is 11.3 Å². The number of rotatable bonds is 6. The second-order valence-electron chi connectivity index (χ2n) is 8.31. The first kappa shape index (κ1) is 21.6. The summed E-state index contributed by atoms with van der Waals surface area (Å²) in [5, 5.41) is 24.8. The Morgan fingerprint density at radius 3 is 2.24 bits per heavy atom. The van der Waals surface area contributed by atoms with E-state index in [0.717, 1.165) is 26.8 Å². The van der Waals surface area contributed by atoms with Gasteiger partial charge in [0.25, 0.3) is 0 Å². The van der Waals surface area contributed by atoms with Crippen molar-refractivity contribution in [1.82, 2.24) is 5.32 Å². The van der Waals surface area contributed by atoms with Crippen LogP contribution in [0.15, 0.2) is 72.8 Å². The zero-order valence-electron chi connectivity index (χ0n) is 18.2. The van der Waals surface area contributed by atoms with E-state index < -0.39 is 18.3 Å². The smallest absolute Gasteiger partial charge is 0.407 e. The number of thiophene rings is 1. The van der Waals surface area contributed by atoms with Gasteiger partial charge in [0.05, 0.1) is 0 Å². The van der Waals surface area contributed by atoms with Crippen LogP contribution in [-0.4, -0.2) is 35.6 Å². The molecule has 1 aromatic heterocycles. The van der Waals surface area contributed by atoms with Crippen molar-refractivity contribution in [2.24, 2.45) is 0 Å². The molecule has 5 rings (SSSR count). The molecular formula is C27H25NO4S. The Morgan fingerprint density at radius 2 is 1.58 bits per heavy atom. The van der Waals surface area contributed by atoms with Crippen LogP contribution in [0, 0.1) is 6.92 Å². The fourth-order valence-electron chi connectivity index (χ4n) is 4.60. The topological polar surface area (TPSA) is 78.8 Å². The zero-order valence-corrected chi connectivity index (χ0v) is 19.0. The standard InChI is InChI=1S/C27H25NO4S/c1-16-17-8-6-7-13-24(17)33-26(16)25(30)23(29)14-28-27(31)32-15-22-20-11-4-2-9-18(20)19-10-3-5-12-21(19)22/h2-13,22-23,25,29-30H,14-15H2,1H3,(H,28,31). The summed E-state index contributed by atoms with van der Waals surface area (Å²) in [5.41, 5.74) is 5.56. The van der Waals surface area contributed by atoms with Crippen LogP contribution < -0.4 is 5.32 Å². The molecule has 1 aliphatic rings. The number of hydrogen-bond acceptors (Lipinski definition) is 5. The highest BCUT2D eigenvalue weighted by Crippen LogP contribution is 2.44. The van der Waals surface area contributed by atoms with Crippen LogP contribution in [-0.2, 0) is 4.74 Å². The van der Waals surface area contributed by atoms with Gasteiger partial charge in [-0.25, -0.2) is 4.79 Å². The number of ether oxygens (including phenoxy) is 1. The molecule has 168 valence electrons. The van der Waals surface area contributed by atoms with Crippen molar-refractivity contribution in [2.45, 2.75) is 25.0 Å². The maximum Gasteiger partial charge on any atom is 0.407 e. The van der Waals surface area contributed by atoms with E-state index in [4.69, 9.17) is 4.74 Å². The van der Waals surface area contributed by atoms with E-state index in [0.29, 0.717) is 4.88 Å². The first-order valence-corrected chi connectivity index (χ1v) is 11.8. The van der Waals surface area contributed by atoms with E-state index in [1.807, 2.05) is 55.5 Å². The second kappa shape index (κ2) is 8.98. The van der Waals surface area contributed by atoms with Gasteiger partial charge in [-0.05, 0) is 46.2 Å². The molecule has 33 heavy (non-hydrogen) atoms. The number of aryl methyl sites for hydroxylation is 1. The number of aliphatic hydroxyl groups is 2. The van der Waals surface area contributed by atoms with Crippen LogP contribution in [0.2, 0.25) is 0 Å². The van der Waals surface area contributed by atoms with Crippen molar-refractivity contribution in [1.29, 1.82) is 0 Å². The Kier molecular flexibility index (Phi) is 5.89. The van der Waals surface area contributed by atoms with Crippen molar-refractivity contribution in [3.8, 4) is 11.1 Å². The molecule has 5 nitrogen and oxygen atoms in total. The molecule has 2 unspecified atom stereocenters. The van der Waals surface area contributed by atoms with Crippen LogP contribution in [0.4, 0.5) is 4.79 Å². The summed E-state index contributed by atoms with van der Waals surface area (Å²) < 4.78 is 6.56. The summed E-state index contributed by atoms with van der Waals surface area (Å²) >= 11 is 1.45. The van der Waals surface area contributed by atoms with E-state index in [1.165, 1.54) is 22.5 Å². The van der Waals surface area contributed by atoms with Crippen molar-refractivity contribution >= 4 is 27.5 Å². The summed E-state index contributed by atoms with van der Waals surface area (Å²) in [4.78, 5) is 13.1. The minimum atomic E-state index is -1.14. The number of aliphatic hydroxyl groups excluding tert-OH is 2. The summed E-state index contributed by atoms with van der Waals surface area (Å²) in [6, 6.07) is 24.2. The second-order valence-corrected chi connectivity index (χ2v) is 9.39. The van der Waals surface area contributed by atoms with Crippen molar-refractivity contribution in [3.63, 3.8) is 0 Å². The van der Waals surface area contributed by atoms with Gasteiger partial charge in [0.1, 0.15) is 18.8 Å². The zero-order chi connectivity index (χ0) is 22.9. The molecular weight excluding hydrogens is 434 g/mol. The Balaban J connectivity index is 1.20. The Morgan fingerprint density at radius 1 is 0.970 bits per heavy atom. The number of hydrogen-bond donors (Lipinski definition) is 3. The fraction of sp³-hybridized carbons (Fsp3) is 0.222. The third-order valence-corrected chi connectivity index (χ3v) is 7.66.